The molecule has 0 unspecified atom stereocenters. The van der Waals surface area contributed by atoms with Gasteiger partial charge in [-0.25, -0.2) is 4.68 Å². The lowest BCUT2D eigenvalue weighted by molar-refractivity contribution is -0.121. The van der Waals surface area contributed by atoms with Crippen molar-refractivity contribution in [2.45, 2.75) is 33.1 Å². The molecule has 0 fully saturated rings. The highest BCUT2D eigenvalue weighted by molar-refractivity contribution is 5.76. The molecule has 0 atom stereocenters. The average molecular weight is 408 g/mol. The second-order valence-corrected chi connectivity index (χ2v) is 7.26. The van der Waals surface area contributed by atoms with Crippen LogP contribution in [0.1, 0.15) is 28.9 Å². The number of carbonyl (C=O) groups excluding carboxylic acids is 1. The van der Waals surface area contributed by atoms with Crippen LogP contribution >= 0.6 is 0 Å². The van der Waals surface area contributed by atoms with Gasteiger partial charge in [0.2, 0.25) is 5.91 Å². The van der Waals surface area contributed by atoms with E-state index in [-0.39, 0.29) is 5.91 Å². The highest BCUT2D eigenvalue weighted by Crippen LogP contribution is 2.31. The molecule has 1 heterocycles. The van der Waals surface area contributed by atoms with Gasteiger partial charge in [0.1, 0.15) is 0 Å². The molecule has 0 bridgehead atoms. The smallest absolute Gasteiger partial charge is 0.220 e. The third-order valence-corrected chi connectivity index (χ3v) is 5.03. The van der Waals surface area contributed by atoms with Crippen molar-refractivity contribution < 1.29 is 14.3 Å². The Morgan fingerprint density at radius 1 is 1.03 bits per heavy atom. The topological polar surface area (TPSA) is 65.4 Å². The Morgan fingerprint density at radius 2 is 1.80 bits per heavy atom. The fourth-order valence-corrected chi connectivity index (χ4v) is 3.53. The van der Waals surface area contributed by atoms with E-state index in [1.807, 2.05) is 36.7 Å². The van der Waals surface area contributed by atoms with Crippen molar-refractivity contribution in [2.75, 3.05) is 20.8 Å². The van der Waals surface area contributed by atoms with Gasteiger partial charge in [-0.15, -0.1) is 0 Å². The molecule has 0 aliphatic heterocycles. The van der Waals surface area contributed by atoms with Gasteiger partial charge in [0.25, 0.3) is 0 Å². The predicted molar refractivity (Wildman–Crippen MR) is 118 cm³/mol. The van der Waals surface area contributed by atoms with E-state index in [1.54, 1.807) is 14.2 Å². The van der Waals surface area contributed by atoms with Crippen molar-refractivity contribution in [3.8, 4) is 17.2 Å². The Balaban J connectivity index is 1.47. The van der Waals surface area contributed by atoms with Crippen LogP contribution in [0.4, 0.5) is 0 Å². The van der Waals surface area contributed by atoms with Gasteiger partial charge in [-0.05, 0) is 62.1 Å². The van der Waals surface area contributed by atoms with Crippen LogP contribution in [-0.4, -0.2) is 36.5 Å². The number of benzene rings is 2. The third-order valence-electron chi connectivity index (χ3n) is 5.03. The Hall–Kier alpha value is -3.28. The van der Waals surface area contributed by atoms with Gasteiger partial charge in [-0.2, -0.15) is 5.10 Å². The van der Waals surface area contributed by atoms with Crippen LogP contribution in [0, 0.1) is 13.8 Å². The van der Waals surface area contributed by atoms with Gasteiger partial charge in [0.05, 0.1) is 25.6 Å². The summed E-state index contributed by atoms with van der Waals surface area (Å²) in [6, 6.07) is 16.1. The number of ether oxygens (including phenoxy) is 2. The number of methoxy groups -OCH3 is 2. The highest BCUT2D eigenvalue weighted by atomic mass is 16.5. The van der Waals surface area contributed by atoms with E-state index in [2.05, 4.69) is 40.7 Å². The van der Waals surface area contributed by atoms with Crippen LogP contribution in [-0.2, 0) is 17.6 Å². The zero-order chi connectivity index (χ0) is 21.5. The van der Waals surface area contributed by atoms with E-state index in [9.17, 15) is 4.79 Å². The standard InChI is InChI=1S/C24H29N3O3/c1-17-16-18(2)27(26-17)21-11-8-19(9-12-21)14-15-25-23(28)13-10-20-6-5-7-22(29-3)24(20)30-4/h5-9,11-12,16H,10,13-15H2,1-4H3,(H,25,28). The summed E-state index contributed by atoms with van der Waals surface area (Å²) in [5.41, 5.74) is 5.30. The lowest BCUT2D eigenvalue weighted by Gasteiger charge is -2.12. The molecule has 1 amide bonds. The number of para-hydroxylation sites is 1. The first-order valence-corrected chi connectivity index (χ1v) is 10.1. The van der Waals surface area contributed by atoms with E-state index >= 15 is 0 Å². The van der Waals surface area contributed by atoms with Crippen molar-refractivity contribution in [1.29, 1.82) is 0 Å². The number of hydrogen-bond acceptors (Lipinski definition) is 4. The normalized spacial score (nSPS) is 10.7. The molecule has 6 nitrogen and oxygen atoms in total. The maximum Gasteiger partial charge on any atom is 0.220 e. The molecule has 0 spiro atoms. The summed E-state index contributed by atoms with van der Waals surface area (Å²) in [5, 5.41) is 7.50. The SMILES string of the molecule is COc1cccc(CCC(=O)NCCc2ccc(-n3nc(C)cc3C)cc2)c1OC. The van der Waals surface area contributed by atoms with Gasteiger partial charge in [-0.1, -0.05) is 24.3 Å². The number of hydrogen-bond donors (Lipinski definition) is 1. The summed E-state index contributed by atoms with van der Waals surface area (Å²) in [6.07, 6.45) is 1.79. The minimum Gasteiger partial charge on any atom is -0.493 e. The molecule has 3 aromatic rings. The minimum atomic E-state index is 0.0270. The highest BCUT2D eigenvalue weighted by Gasteiger charge is 2.11. The zero-order valence-electron chi connectivity index (χ0n) is 18.1. The molecule has 30 heavy (non-hydrogen) atoms. The van der Waals surface area contributed by atoms with Crippen molar-refractivity contribution in [2.24, 2.45) is 0 Å². The predicted octanol–water partition coefficient (Wildman–Crippen LogP) is 3.80. The van der Waals surface area contributed by atoms with E-state index in [4.69, 9.17) is 9.47 Å². The summed E-state index contributed by atoms with van der Waals surface area (Å²) < 4.78 is 12.7. The lowest BCUT2D eigenvalue weighted by atomic mass is 10.1. The molecule has 0 aliphatic carbocycles. The Labute approximate surface area is 177 Å². The van der Waals surface area contributed by atoms with Crippen LogP contribution in [0.25, 0.3) is 5.69 Å². The molecule has 0 radical (unpaired) electrons. The van der Waals surface area contributed by atoms with Crippen LogP contribution in [0.5, 0.6) is 11.5 Å². The Morgan fingerprint density at radius 3 is 2.43 bits per heavy atom. The minimum absolute atomic E-state index is 0.0270. The van der Waals surface area contributed by atoms with E-state index in [1.165, 1.54) is 5.56 Å². The second-order valence-electron chi connectivity index (χ2n) is 7.26. The van der Waals surface area contributed by atoms with Gasteiger partial charge < -0.3 is 14.8 Å². The number of nitrogens with zero attached hydrogens (tertiary/aromatic N) is 2. The molecule has 0 aliphatic rings. The number of aromatic nitrogens is 2. The largest absolute Gasteiger partial charge is 0.493 e. The van der Waals surface area contributed by atoms with Gasteiger partial charge in [0, 0.05) is 18.7 Å². The first kappa shape index (κ1) is 21.4. The molecule has 0 saturated carbocycles. The van der Waals surface area contributed by atoms with Crippen molar-refractivity contribution >= 4 is 5.91 Å². The van der Waals surface area contributed by atoms with Crippen LogP contribution in [0.2, 0.25) is 0 Å². The number of carbonyl (C=O) groups is 1. The van der Waals surface area contributed by atoms with E-state index < -0.39 is 0 Å². The summed E-state index contributed by atoms with van der Waals surface area (Å²) in [4.78, 5) is 12.2. The van der Waals surface area contributed by atoms with Crippen molar-refractivity contribution in [1.82, 2.24) is 15.1 Å². The Kier molecular flexibility index (Phi) is 7.12. The maximum absolute atomic E-state index is 12.2. The zero-order valence-corrected chi connectivity index (χ0v) is 18.1. The molecule has 1 aromatic heterocycles. The molecule has 6 heteroatoms. The number of aryl methyl sites for hydroxylation is 3. The van der Waals surface area contributed by atoms with E-state index in [0.717, 1.165) is 29.1 Å². The van der Waals surface area contributed by atoms with Crippen LogP contribution in [0.15, 0.2) is 48.5 Å². The van der Waals surface area contributed by atoms with Gasteiger partial charge in [0.15, 0.2) is 11.5 Å². The third kappa shape index (κ3) is 5.20. The van der Waals surface area contributed by atoms with Gasteiger partial charge >= 0.3 is 0 Å². The van der Waals surface area contributed by atoms with Crippen molar-refractivity contribution in [3.05, 3.63) is 71.0 Å². The van der Waals surface area contributed by atoms with Crippen molar-refractivity contribution in [3.63, 3.8) is 0 Å². The first-order valence-electron chi connectivity index (χ1n) is 10.1. The van der Waals surface area contributed by atoms with Gasteiger partial charge in [-0.3, -0.25) is 4.79 Å². The molecular formula is C24H29N3O3. The first-order chi connectivity index (χ1) is 14.5. The molecular weight excluding hydrogens is 378 g/mol. The summed E-state index contributed by atoms with van der Waals surface area (Å²) in [7, 11) is 3.22. The fourth-order valence-electron chi connectivity index (χ4n) is 3.53. The summed E-state index contributed by atoms with van der Waals surface area (Å²) >= 11 is 0. The Bertz CT molecular complexity index is 993. The molecule has 3 rings (SSSR count). The second kappa shape index (κ2) is 9.96. The van der Waals surface area contributed by atoms with Crippen LogP contribution in [0.3, 0.4) is 0 Å². The summed E-state index contributed by atoms with van der Waals surface area (Å²) in [6.45, 7) is 4.64. The van der Waals surface area contributed by atoms with E-state index in [0.29, 0.717) is 30.9 Å². The molecule has 0 saturated heterocycles. The quantitative estimate of drug-likeness (QED) is 0.586. The monoisotopic (exact) mass is 407 g/mol. The van der Waals surface area contributed by atoms with Crippen LogP contribution < -0.4 is 14.8 Å². The molecule has 158 valence electrons. The lowest BCUT2D eigenvalue weighted by Crippen LogP contribution is -2.25. The number of nitrogens with one attached hydrogen (secondary N) is 1. The number of rotatable bonds is 9. The fraction of sp³-hybridized carbons (Fsp3) is 0.333. The summed E-state index contributed by atoms with van der Waals surface area (Å²) in [5.74, 6) is 1.40. The molecule has 2 aromatic carbocycles. The number of amides is 1. The molecule has 1 N–H and O–H groups in total. The average Bonchev–Trinajstić information content (AvgIpc) is 3.10. The maximum atomic E-state index is 12.2.